The monoisotopic (exact) mass is 221 g/mol. The molecule has 84 valence electrons. The Morgan fingerprint density at radius 3 is 2.44 bits per heavy atom. The third-order valence-corrected chi connectivity index (χ3v) is 2.00. The summed E-state index contributed by atoms with van der Waals surface area (Å²) in [5.74, 6) is -0.898. The van der Waals surface area contributed by atoms with Crippen molar-refractivity contribution in [2.24, 2.45) is 0 Å². The van der Waals surface area contributed by atoms with E-state index in [2.05, 4.69) is 0 Å². The summed E-state index contributed by atoms with van der Waals surface area (Å²) in [6.07, 6.45) is 1.39. The van der Waals surface area contributed by atoms with Gasteiger partial charge in [0, 0.05) is 13.0 Å². The van der Waals surface area contributed by atoms with Crippen molar-refractivity contribution in [3.05, 3.63) is 51.2 Å². The number of hydrogen-bond acceptors (Lipinski definition) is 3. The molecule has 0 aliphatic rings. The Morgan fingerprint density at radius 2 is 2.00 bits per heavy atom. The van der Waals surface area contributed by atoms with Gasteiger partial charge in [-0.25, -0.2) is 0 Å². The summed E-state index contributed by atoms with van der Waals surface area (Å²) in [7, 11) is 0. The largest absolute Gasteiger partial charge is 0.481 e. The van der Waals surface area contributed by atoms with Gasteiger partial charge in [0.2, 0.25) is 5.70 Å². The van der Waals surface area contributed by atoms with E-state index in [1.54, 1.807) is 24.3 Å². The SMILES string of the molecule is C/C(=C\c1ccc(CC(=O)O)cc1)[N+](=O)[O-]. The highest BCUT2D eigenvalue weighted by atomic mass is 16.6. The molecule has 0 atom stereocenters. The van der Waals surface area contributed by atoms with Crippen molar-refractivity contribution in [2.75, 3.05) is 0 Å². The lowest BCUT2D eigenvalue weighted by Gasteiger charge is -1.98. The third kappa shape index (κ3) is 3.53. The molecule has 0 aliphatic heterocycles. The maximum Gasteiger partial charge on any atom is 0.307 e. The van der Waals surface area contributed by atoms with Crippen molar-refractivity contribution in [1.29, 1.82) is 0 Å². The zero-order chi connectivity index (χ0) is 12.1. The third-order valence-electron chi connectivity index (χ3n) is 2.00. The van der Waals surface area contributed by atoms with Gasteiger partial charge in [-0.05, 0) is 11.1 Å². The number of carboxylic acids is 1. The Bertz CT molecular complexity index is 434. The minimum absolute atomic E-state index is 0.0434. The minimum Gasteiger partial charge on any atom is -0.481 e. The molecular formula is C11H11NO4. The van der Waals surface area contributed by atoms with E-state index in [1.807, 2.05) is 0 Å². The quantitative estimate of drug-likeness (QED) is 0.622. The Morgan fingerprint density at radius 1 is 1.44 bits per heavy atom. The van der Waals surface area contributed by atoms with Crippen LogP contribution in [0.1, 0.15) is 18.1 Å². The van der Waals surface area contributed by atoms with Crippen molar-refractivity contribution in [3.63, 3.8) is 0 Å². The predicted octanol–water partition coefficient (Wildman–Crippen LogP) is 1.95. The molecule has 16 heavy (non-hydrogen) atoms. The summed E-state index contributed by atoms with van der Waals surface area (Å²) in [5.41, 5.74) is 1.40. The van der Waals surface area contributed by atoms with Crippen molar-refractivity contribution in [3.8, 4) is 0 Å². The topological polar surface area (TPSA) is 80.4 Å². The summed E-state index contributed by atoms with van der Waals surface area (Å²) in [4.78, 5) is 20.3. The van der Waals surface area contributed by atoms with E-state index in [1.165, 1.54) is 13.0 Å². The molecule has 1 aromatic carbocycles. The van der Waals surface area contributed by atoms with Crippen LogP contribution in [-0.4, -0.2) is 16.0 Å². The van der Waals surface area contributed by atoms with Crippen LogP contribution in [-0.2, 0) is 11.2 Å². The molecule has 5 heteroatoms. The van der Waals surface area contributed by atoms with Crippen LogP contribution in [0.2, 0.25) is 0 Å². The van der Waals surface area contributed by atoms with Crippen molar-refractivity contribution in [2.45, 2.75) is 13.3 Å². The highest BCUT2D eigenvalue weighted by Gasteiger charge is 2.03. The van der Waals surface area contributed by atoms with Crippen LogP contribution in [0.3, 0.4) is 0 Å². The first-order valence-electron chi connectivity index (χ1n) is 4.62. The lowest BCUT2D eigenvalue weighted by Crippen LogP contribution is -1.99. The standard InChI is InChI=1S/C11H11NO4/c1-8(12(15)16)6-9-2-4-10(5-3-9)7-11(13)14/h2-6H,7H2,1H3,(H,13,14)/b8-6+. The van der Waals surface area contributed by atoms with E-state index in [0.29, 0.717) is 11.1 Å². The van der Waals surface area contributed by atoms with Crippen LogP contribution in [0.15, 0.2) is 30.0 Å². The second kappa shape index (κ2) is 5.06. The van der Waals surface area contributed by atoms with E-state index in [0.717, 1.165) is 0 Å². The normalized spacial score (nSPS) is 11.2. The molecular weight excluding hydrogens is 210 g/mol. The number of rotatable bonds is 4. The molecule has 1 aromatic rings. The molecule has 0 heterocycles. The fourth-order valence-corrected chi connectivity index (χ4v) is 1.20. The molecule has 1 N–H and O–H groups in total. The summed E-state index contributed by atoms with van der Waals surface area (Å²) >= 11 is 0. The number of aliphatic carboxylic acids is 1. The molecule has 0 amide bonds. The molecule has 0 saturated heterocycles. The number of nitrogens with zero attached hydrogens (tertiary/aromatic N) is 1. The average Bonchev–Trinajstić information content (AvgIpc) is 2.20. The number of carbonyl (C=O) groups is 1. The van der Waals surface area contributed by atoms with E-state index in [-0.39, 0.29) is 12.1 Å². The number of benzene rings is 1. The van der Waals surface area contributed by atoms with Crippen molar-refractivity contribution < 1.29 is 14.8 Å². The molecule has 0 saturated carbocycles. The van der Waals surface area contributed by atoms with Crippen LogP contribution in [0, 0.1) is 10.1 Å². The number of nitro groups is 1. The van der Waals surface area contributed by atoms with Gasteiger partial charge in [-0.2, -0.15) is 0 Å². The fraction of sp³-hybridized carbons (Fsp3) is 0.182. The van der Waals surface area contributed by atoms with Crippen molar-refractivity contribution in [1.82, 2.24) is 0 Å². The van der Waals surface area contributed by atoms with Crippen LogP contribution in [0.25, 0.3) is 6.08 Å². The van der Waals surface area contributed by atoms with Crippen molar-refractivity contribution >= 4 is 12.0 Å². The summed E-state index contributed by atoms with van der Waals surface area (Å²) in [6, 6.07) is 6.61. The van der Waals surface area contributed by atoms with E-state index >= 15 is 0 Å². The Balaban J connectivity index is 2.83. The minimum atomic E-state index is -0.898. The second-order valence-electron chi connectivity index (χ2n) is 3.35. The molecule has 0 spiro atoms. The summed E-state index contributed by atoms with van der Waals surface area (Å²) in [5, 5.41) is 18.9. The second-order valence-corrected chi connectivity index (χ2v) is 3.35. The van der Waals surface area contributed by atoms with Gasteiger partial charge < -0.3 is 5.11 Å². The molecule has 0 fully saturated rings. The fourth-order valence-electron chi connectivity index (χ4n) is 1.20. The average molecular weight is 221 g/mol. The van der Waals surface area contributed by atoms with Crippen LogP contribution in [0.4, 0.5) is 0 Å². The lowest BCUT2D eigenvalue weighted by atomic mass is 10.1. The zero-order valence-electron chi connectivity index (χ0n) is 8.71. The van der Waals surface area contributed by atoms with Gasteiger partial charge in [-0.1, -0.05) is 24.3 Å². The smallest absolute Gasteiger partial charge is 0.307 e. The number of carboxylic acid groups (broad SMARTS) is 1. The molecule has 1 rings (SSSR count). The first kappa shape index (κ1) is 11.9. The molecule has 0 aromatic heterocycles. The molecule has 0 aliphatic carbocycles. The number of allylic oxidation sites excluding steroid dienone is 1. The first-order chi connectivity index (χ1) is 7.49. The van der Waals surface area contributed by atoms with Gasteiger partial charge in [0.05, 0.1) is 11.3 Å². The first-order valence-corrected chi connectivity index (χ1v) is 4.62. The lowest BCUT2D eigenvalue weighted by molar-refractivity contribution is -0.422. The maximum atomic E-state index is 10.4. The van der Waals surface area contributed by atoms with E-state index in [9.17, 15) is 14.9 Å². The van der Waals surface area contributed by atoms with Gasteiger partial charge in [0.15, 0.2) is 0 Å². The Labute approximate surface area is 92.2 Å². The van der Waals surface area contributed by atoms with Crippen LogP contribution < -0.4 is 0 Å². The van der Waals surface area contributed by atoms with Gasteiger partial charge in [-0.15, -0.1) is 0 Å². The summed E-state index contributed by atoms with van der Waals surface area (Å²) in [6.45, 7) is 1.41. The van der Waals surface area contributed by atoms with Crippen LogP contribution >= 0.6 is 0 Å². The zero-order valence-corrected chi connectivity index (χ0v) is 8.71. The van der Waals surface area contributed by atoms with Gasteiger partial charge in [-0.3, -0.25) is 14.9 Å². The molecule has 0 radical (unpaired) electrons. The highest BCUT2D eigenvalue weighted by molar-refractivity contribution is 5.70. The molecule has 0 bridgehead atoms. The maximum absolute atomic E-state index is 10.4. The van der Waals surface area contributed by atoms with Crippen LogP contribution in [0.5, 0.6) is 0 Å². The summed E-state index contributed by atoms with van der Waals surface area (Å²) < 4.78 is 0. The number of hydrogen-bond donors (Lipinski definition) is 1. The van der Waals surface area contributed by atoms with E-state index < -0.39 is 10.9 Å². The molecule has 0 unspecified atom stereocenters. The van der Waals surface area contributed by atoms with Gasteiger partial charge in [0.25, 0.3) is 0 Å². The highest BCUT2D eigenvalue weighted by Crippen LogP contribution is 2.09. The van der Waals surface area contributed by atoms with E-state index in [4.69, 9.17) is 5.11 Å². The van der Waals surface area contributed by atoms with Gasteiger partial charge >= 0.3 is 5.97 Å². The molecule has 5 nitrogen and oxygen atoms in total. The van der Waals surface area contributed by atoms with Gasteiger partial charge in [0.1, 0.15) is 0 Å². The Hall–Kier alpha value is -2.17. The Kier molecular flexibility index (Phi) is 3.77. The predicted molar refractivity (Wildman–Crippen MR) is 58.4 cm³/mol.